The van der Waals surface area contributed by atoms with Crippen LogP contribution in [0, 0.1) is 4.77 Å². The fraction of sp³-hybridized carbons (Fsp3) is 0.286. The van der Waals surface area contributed by atoms with Gasteiger partial charge in [0.05, 0.1) is 11.8 Å². The van der Waals surface area contributed by atoms with Crippen LogP contribution in [0.15, 0.2) is 29.4 Å². The lowest BCUT2D eigenvalue weighted by Crippen LogP contribution is -2.05. The van der Waals surface area contributed by atoms with Gasteiger partial charge in [-0.25, -0.2) is 4.79 Å². The van der Waals surface area contributed by atoms with Gasteiger partial charge in [-0.2, -0.15) is 14.9 Å². The maximum Gasteiger partial charge on any atom is 0.335 e. The van der Waals surface area contributed by atoms with E-state index in [1.807, 2.05) is 0 Å². The molecule has 1 fully saturated rings. The largest absolute Gasteiger partial charge is 0.478 e. The molecule has 1 aliphatic heterocycles. The first-order chi connectivity index (χ1) is 10.6. The van der Waals surface area contributed by atoms with Crippen molar-refractivity contribution in [2.45, 2.75) is 18.9 Å². The number of aromatic amines is 1. The summed E-state index contributed by atoms with van der Waals surface area (Å²) < 4.78 is 7.53. The van der Waals surface area contributed by atoms with Crippen LogP contribution in [0.5, 0.6) is 0 Å². The van der Waals surface area contributed by atoms with Gasteiger partial charge < -0.3 is 9.84 Å². The summed E-state index contributed by atoms with van der Waals surface area (Å²) >= 11 is 5.18. The summed E-state index contributed by atoms with van der Waals surface area (Å²) in [5.74, 6) is -0.304. The number of ether oxygens (including phenoxy) is 1. The second-order valence-electron chi connectivity index (χ2n) is 4.87. The Morgan fingerprint density at radius 1 is 1.50 bits per heavy atom. The Kier molecular flexibility index (Phi) is 4.12. The number of nitrogens with zero attached hydrogens (tertiary/aromatic N) is 3. The highest BCUT2D eigenvalue weighted by atomic mass is 32.1. The SMILES string of the molecule is O=C(O)c1ccc(/C=N\n2c([C@H]3CCCO3)n[nH]c2=S)cc1. The Morgan fingerprint density at radius 3 is 2.91 bits per heavy atom. The maximum atomic E-state index is 10.8. The number of hydrogen-bond donors (Lipinski definition) is 2. The number of H-pyrrole nitrogens is 1. The van der Waals surface area contributed by atoms with Crippen LogP contribution in [0.4, 0.5) is 0 Å². The molecular weight excluding hydrogens is 304 g/mol. The van der Waals surface area contributed by atoms with Gasteiger partial charge in [-0.3, -0.25) is 5.10 Å². The molecule has 22 heavy (non-hydrogen) atoms. The zero-order chi connectivity index (χ0) is 15.5. The number of hydrogen-bond acceptors (Lipinski definition) is 5. The van der Waals surface area contributed by atoms with E-state index in [4.69, 9.17) is 22.1 Å². The minimum atomic E-state index is -0.957. The summed E-state index contributed by atoms with van der Waals surface area (Å²) in [7, 11) is 0. The van der Waals surface area contributed by atoms with Gasteiger partial charge in [0.2, 0.25) is 4.77 Å². The predicted molar refractivity (Wildman–Crippen MR) is 81.7 cm³/mol. The zero-order valence-electron chi connectivity index (χ0n) is 11.6. The van der Waals surface area contributed by atoms with E-state index in [9.17, 15) is 4.79 Å². The molecule has 3 rings (SSSR count). The molecule has 2 heterocycles. The van der Waals surface area contributed by atoms with Crippen molar-refractivity contribution in [3.05, 3.63) is 46.0 Å². The highest BCUT2D eigenvalue weighted by molar-refractivity contribution is 7.71. The quantitative estimate of drug-likeness (QED) is 0.667. The molecule has 0 aliphatic carbocycles. The molecule has 2 N–H and O–H groups in total. The van der Waals surface area contributed by atoms with Gasteiger partial charge >= 0.3 is 5.97 Å². The fourth-order valence-corrected chi connectivity index (χ4v) is 2.43. The van der Waals surface area contributed by atoms with Gasteiger partial charge in [0.15, 0.2) is 5.82 Å². The third-order valence-corrected chi connectivity index (χ3v) is 3.64. The van der Waals surface area contributed by atoms with E-state index < -0.39 is 5.97 Å². The molecule has 2 aromatic rings. The highest BCUT2D eigenvalue weighted by Gasteiger charge is 2.23. The molecular formula is C14H14N4O3S. The van der Waals surface area contributed by atoms with Crippen molar-refractivity contribution in [2.75, 3.05) is 6.61 Å². The van der Waals surface area contributed by atoms with Crippen molar-refractivity contribution in [3.63, 3.8) is 0 Å². The summed E-state index contributed by atoms with van der Waals surface area (Å²) in [4.78, 5) is 10.8. The Hall–Kier alpha value is -2.32. The van der Waals surface area contributed by atoms with E-state index in [2.05, 4.69) is 15.3 Å². The Morgan fingerprint density at radius 2 is 2.27 bits per heavy atom. The number of nitrogens with one attached hydrogen (secondary N) is 1. The molecule has 0 unspecified atom stereocenters. The van der Waals surface area contributed by atoms with Crippen LogP contribution in [0.3, 0.4) is 0 Å². The molecule has 0 bridgehead atoms. The van der Waals surface area contributed by atoms with E-state index in [0.717, 1.165) is 18.4 Å². The smallest absolute Gasteiger partial charge is 0.335 e. The van der Waals surface area contributed by atoms with E-state index in [0.29, 0.717) is 17.2 Å². The number of benzene rings is 1. The maximum absolute atomic E-state index is 10.8. The van der Waals surface area contributed by atoms with E-state index in [1.165, 1.54) is 16.8 Å². The molecule has 0 amide bonds. The fourth-order valence-electron chi connectivity index (χ4n) is 2.24. The number of aromatic nitrogens is 3. The molecule has 8 heteroatoms. The van der Waals surface area contributed by atoms with Crippen molar-refractivity contribution in [2.24, 2.45) is 5.10 Å². The lowest BCUT2D eigenvalue weighted by atomic mass is 10.1. The monoisotopic (exact) mass is 318 g/mol. The van der Waals surface area contributed by atoms with Crippen LogP contribution in [-0.2, 0) is 4.74 Å². The van der Waals surface area contributed by atoms with Crippen LogP contribution in [0.25, 0.3) is 0 Å². The highest BCUT2D eigenvalue weighted by Crippen LogP contribution is 2.26. The minimum absolute atomic E-state index is 0.0977. The van der Waals surface area contributed by atoms with Crippen LogP contribution >= 0.6 is 12.2 Å². The molecule has 114 valence electrons. The average molecular weight is 318 g/mol. The van der Waals surface area contributed by atoms with Gasteiger partial charge in [0.25, 0.3) is 0 Å². The van der Waals surface area contributed by atoms with Crippen molar-refractivity contribution < 1.29 is 14.6 Å². The van der Waals surface area contributed by atoms with Crippen molar-refractivity contribution >= 4 is 24.4 Å². The van der Waals surface area contributed by atoms with Gasteiger partial charge in [0, 0.05) is 6.61 Å². The van der Waals surface area contributed by atoms with Gasteiger partial charge in [-0.05, 0) is 42.8 Å². The molecule has 1 atom stereocenters. The summed E-state index contributed by atoms with van der Waals surface area (Å²) in [6.07, 6.45) is 3.39. The van der Waals surface area contributed by atoms with Crippen molar-refractivity contribution in [3.8, 4) is 0 Å². The van der Waals surface area contributed by atoms with E-state index in [1.54, 1.807) is 18.3 Å². The lowest BCUT2D eigenvalue weighted by molar-refractivity contribution is 0.0697. The molecule has 1 saturated heterocycles. The van der Waals surface area contributed by atoms with E-state index >= 15 is 0 Å². The minimum Gasteiger partial charge on any atom is -0.478 e. The average Bonchev–Trinajstić information content (AvgIpc) is 3.15. The molecule has 0 spiro atoms. The Labute approximate surface area is 131 Å². The summed E-state index contributed by atoms with van der Waals surface area (Å²) in [6, 6.07) is 6.42. The molecule has 0 saturated carbocycles. The first kappa shape index (κ1) is 14.6. The lowest BCUT2D eigenvalue weighted by Gasteiger charge is -2.07. The zero-order valence-corrected chi connectivity index (χ0v) is 12.4. The summed E-state index contributed by atoms with van der Waals surface area (Å²) in [6.45, 7) is 0.713. The second-order valence-corrected chi connectivity index (χ2v) is 5.26. The van der Waals surface area contributed by atoms with Gasteiger partial charge in [-0.15, -0.1) is 0 Å². The number of carboxylic acid groups (broad SMARTS) is 1. The Balaban J connectivity index is 1.84. The summed E-state index contributed by atoms with van der Waals surface area (Å²) in [5, 5.41) is 20.1. The second kappa shape index (κ2) is 6.20. The predicted octanol–water partition coefficient (Wildman–Crippen LogP) is 2.37. The topological polar surface area (TPSA) is 92.5 Å². The third-order valence-electron chi connectivity index (χ3n) is 3.37. The van der Waals surface area contributed by atoms with E-state index in [-0.39, 0.29) is 11.7 Å². The molecule has 1 aromatic heterocycles. The number of carbonyl (C=O) groups is 1. The number of aromatic carboxylic acids is 1. The van der Waals surface area contributed by atoms with Gasteiger partial charge in [-0.1, -0.05) is 12.1 Å². The first-order valence-corrected chi connectivity index (χ1v) is 7.22. The van der Waals surface area contributed by atoms with Crippen LogP contribution in [-0.4, -0.2) is 38.8 Å². The molecule has 1 aliphatic rings. The van der Waals surface area contributed by atoms with Crippen LogP contribution in [0.2, 0.25) is 0 Å². The molecule has 0 radical (unpaired) electrons. The van der Waals surface area contributed by atoms with Crippen LogP contribution in [0.1, 0.15) is 40.7 Å². The van der Waals surface area contributed by atoms with Crippen molar-refractivity contribution in [1.29, 1.82) is 0 Å². The third kappa shape index (κ3) is 2.97. The Bertz CT molecular complexity index is 757. The normalized spacial score (nSPS) is 18.1. The molecule has 1 aromatic carbocycles. The van der Waals surface area contributed by atoms with Gasteiger partial charge in [0.1, 0.15) is 6.10 Å². The number of rotatable bonds is 4. The summed E-state index contributed by atoms with van der Waals surface area (Å²) in [5.41, 5.74) is 1.00. The van der Waals surface area contributed by atoms with Crippen molar-refractivity contribution in [1.82, 2.24) is 14.9 Å². The molecule has 7 nitrogen and oxygen atoms in total. The first-order valence-electron chi connectivity index (χ1n) is 6.82. The number of carboxylic acids is 1. The standard InChI is InChI=1S/C14H14N4O3S/c19-13(20)10-5-3-9(4-6-10)8-15-18-12(16-17-14(18)22)11-2-1-7-21-11/h3-6,8,11H,1-2,7H2,(H,17,22)(H,19,20)/b15-8-/t11-/m1/s1. The van der Waals surface area contributed by atoms with Crippen LogP contribution < -0.4 is 0 Å².